The fourth-order valence-corrected chi connectivity index (χ4v) is 5.57. The summed E-state index contributed by atoms with van der Waals surface area (Å²) >= 11 is 0. The van der Waals surface area contributed by atoms with E-state index in [1.54, 1.807) is 23.2 Å². The molecule has 39 heavy (non-hydrogen) atoms. The lowest BCUT2D eigenvalue weighted by Gasteiger charge is -2.38. The van der Waals surface area contributed by atoms with Crippen molar-refractivity contribution in [2.24, 2.45) is 0 Å². The van der Waals surface area contributed by atoms with Gasteiger partial charge in [0.1, 0.15) is 11.8 Å². The van der Waals surface area contributed by atoms with Crippen LogP contribution in [0.15, 0.2) is 78.0 Å². The van der Waals surface area contributed by atoms with Crippen LogP contribution in [0.5, 0.6) is 0 Å². The van der Waals surface area contributed by atoms with Gasteiger partial charge in [-0.05, 0) is 73.2 Å². The average molecular weight is 526 g/mol. The summed E-state index contributed by atoms with van der Waals surface area (Å²) in [6.07, 6.45) is 6.04. The minimum atomic E-state index is -1.08. The van der Waals surface area contributed by atoms with Gasteiger partial charge in [0.2, 0.25) is 0 Å². The summed E-state index contributed by atoms with van der Waals surface area (Å²) in [5.41, 5.74) is 2.42. The number of hydrogen-bond donors (Lipinski definition) is 1. The Morgan fingerprint density at radius 2 is 1.33 bits per heavy atom. The number of carbonyl (C=O) groups is 2. The molecule has 2 aromatic carbocycles. The molecule has 6 rings (SSSR count). The van der Waals surface area contributed by atoms with Crippen LogP contribution < -0.4 is 5.56 Å². The Hall–Kier alpha value is -4.24. The number of amides is 2. The number of aliphatic hydroxyl groups is 1. The lowest BCUT2D eigenvalue weighted by Crippen LogP contribution is -2.49. The number of rotatable bonds is 5. The molecule has 0 atom stereocenters. The van der Waals surface area contributed by atoms with Crippen LogP contribution in [-0.2, 0) is 6.54 Å². The fraction of sp³-hybridized carbons (Fsp3) is 0.333. The van der Waals surface area contributed by atoms with Crippen LogP contribution in [0.3, 0.4) is 0 Å². The predicted molar refractivity (Wildman–Crippen MR) is 147 cm³/mol. The highest BCUT2D eigenvalue weighted by atomic mass is 16.3. The zero-order chi connectivity index (χ0) is 27.0. The third-order valence-electron chi connectivity index (χ3n) is 7.96. The van der Waals surface area contributed by atoms with Gasteiger partial charge in [0.05, 0.1) is 12.1 Å². The van der Waals surface area contributed by atoms with Crippen LogP contribution in [0.2, 0.25) is 0 Å². The van der Waals surface area contributed by atoms with Gasteiger partial charge in [-0.15, -0.1) is 0 Å². The molecule has 2 saturated heterocycles. The van der Waals surface area contributed by atoms with E-state index in [0.717, 1.165) is 37.1 Å². The molecule has 2 aliphatic heterocycles. The lowest BCUT2D eigenvalue weighted by molar-refractivity contribution is -0.0300. The van der Waals surface area contributed by atoms with Crippen LogP contribution in [0, 0.1) is 0 Å². The maximum absolute atomic E-state index is 13.2. The number of nitrogens with zero attached hydrogens (tertiary/aromatic N) is 5. The monoisotopic (exact) mass is 525 g/mol. The molecule has 2 aliphatic rings. The van der Waals surface area contributed by atoms with E-state index in [1.807, 2.05) is 53.4 Å². The SMILES string of the molecule is O=C(c1ccc(-c2ccc(C(=O)N3CCC(O)(Cn4cnn5cccc5c4=O)CC3)cc2)cc1)N1CCCC1. The van der Waals surface area contributed by atoms with E-state index in [4.69, 9.17) is 0 Å². The topological polar surface area (TPSA) is 100 Å². The van der Waals surface area contributed by atoms with Crippen molar-refractivity contribution in [3.05, 3.63) is 94.7 Å². The molecule has 4 aromatic rings. The Morgan fingerprint density at radius 3 is 1.90 bits per heavy atom. The minimum absolute atomic E-state index is 0.0800. The summed E-state index contributed by atoms with van der Waals surface area (Å²) in [6.45, 7) is 2.60. The standard InChI is InChI=1S/C30H31N5O4/c36-27(32-15-1-2-16-32)24-9-5-22(6-10-24)23-7-11-25(12-8-23)28(37)33-18-13-30(39,14-19-33)20-34-21-31-35-17-3-4-26(35)29(34)38/h3-12,17,21,39H,1-2,13-16,18-20H2. The molecule has 9 heteroatoms. The average Bonchev–Trinajstić information content (AvgIpc) is 3.68. The third-order valence-corrected chi connectivity index (χ3v) is 7.96. The Balaban J connectivity index is 1.07. The highest BCUT2D eigenvalue weighted by Gasteiger charge is 2.35. The van der Waals surface area contributed by atoms with Gasteiger partial charge in [-0.25, -0.2) is 4.52 Å². The second kappa shape index (κ2) is 10.1. The van der Waals surface area contributed by atoms with Gasteiger partial charge in [0.15, 0.2) is 0 Å². The van der Waals surface area contributed by atoms with E-state index >= 15 is 0 Å². The van der Waals surface area contributed by atoms with Crippen LogP contribution >= 0.6 is 0 Å². The van der Waals surface area contributed by atoms with Crippen molar-refractivity contribution in [2.75, 3.05) is 26.2 Å². The van der Waals surface area contributed by atoms with E-state index in [9.17, 15) is 19.5 Å². The minimum Gasteiger partial charge on any atom is -0.388 e. The van der Waals surface area contributed by atoms with E-state index in [-0.39, 0.29) is 23.9 Å². The van der Waals surface area contributed by atoms with Gasteiger partial charge in [-0.3, -0.25) is 19.0 Å². The van der Waals surface area contributed by atoms with E-state index in [0.29, 0.717) is 42.6 Å². The summed E-state index contributed by atoms with van der Waals surface area (Å²) in [6, 6.07) is 18.6. The van der Waals surface area contributed by atoms with Gasteiger partial charge in [0, 0.05) is 43.5 Å². The van der Waals surface area contributed by atoms with Crippen molar-refractivity contribution < 1.29 is 14.7 Å². The molecule has 0 radical (unpaired) electrons. The first-order valence-electron chi connectivity index (χ1n) is 13.4. The quantitative estimate of drug-likeness (QED) is 0.432. The molecule has 4 heterocycles. The number of fused-ring (bicyclic) bond motifs is 1. The second-order valence-electron chi connectivity index (χ2n) is 10.6. The largest absolute Gasteiger partial charge is 0.388 e. The zero-order valence-electron chi connectivity index (χ0n) is 21.7. The predicted octanol–water partition coefficient (Wildman–Crippen LogP) is 3.07. The molecular formula is C30H31N5O4. The van der Waals surface area contributed by atoms with Crippen molar-refractivity contribution in [1.29, 1.82) is 0 Å². The lowest BCUT2D eigenvalue weighted by atomic mass is 9.90. The van der Waals surface area contributed by atoms with Crippen LogP contribution in [0.25, 0.3) is 16.6 Å². The second-order valence-corrected chi connectivity index (χ2v) is 10.6. The van der Waals surface area contributed by atoms with Gasteiger partial charge < -0.3 is 14.9 Å². The molecule has 2 aromatic heterocycles. The van der Waals surface area contributed by atoms with Gasteiger partial charge in [-0.1, -0.05) is 24.3 Å². The fourth-order valence-electron chi connectivity index (χ4n) is 5.57. The molecule has 0 aliphatic carbocycles. The third kappa shape index (κ3) is 4.97. The molecule has 200 valence electrons. The number of aromatic nitrogens is 3. The van der Waals surface area contributed by atoms with Crippen LogP contribution in [-0.4, -0.2) is 72.7 Å². The van der Waals surface area contributed by atoms with E-state index in [1.165, 1.54) is 15.4 Å². The normalized spacial score (nSPS) is 17.1. The summed E-state index contributed by atoms with van der Waals surface area (Å²) in [5.74, 6) is 0.00262. The number of carbonyl (C=O) groups excluding carboxylic acids is 2. The van der Waals surface area contributed by atoms with Gasteiger partial charge >= 0.3 is 0 Å². The van der Waals surface area contributed by atoms with Crippen molar-refractivity contribution in [3.8, 4) is 11.1 Å². The number of piperidine rings is 1. The number of hydrogen-bond acceptors (Lipinski definition) is 5. The number of benzene rings is 2. The summed E-state index contributed by atoms with van der Waals surface area (Å²) in [5, 5.41) is 15.4. The molecule has 2 fully saturated rings. The summed E-state index contributed by atoms with van der Waals surface area (Å²) in [4.78, 5) is 42.1. The molecular weight excluding hydrogens is 494 g/mol. The molecule has 0 saturated carbocycles. The Kier molecular flexibility index (Phi) is 6.52. The molecule has 0 unspecified atom stereocenters. The Labute approximate surface area is 225 Å². The maximum Gasteiger partial charge on any atom is 0.277 e. The van der Waals surface area contributed by atoms with Gasteiger partial charge in [-0.2, -0.15) is 5.10 Å². The molecule has 9 nitrogen and oxygen atoms in total. The highest BCUT2D eigenvalue weighted by Crippen LogP contribution is 2.26. The van der Waals surface area contributed by atoms with Crippen LogP contribution in [0.4, 0.5) is 0 Å². The van der Waals surface area contributed by atoms with Crippen LogP contribution in [0.1, 0.15) is 46.4 Å². The van der Waals surface area contributed by atoms with Gasteiger partial charge in [0.25, 0.3) is 17.4 Å². The number of likely N-dealkylation sites (tertiary alicyclic amines) is 2. The summed E-state index contributed by atoms with van der Waals surface area (Å²) in [7, 11) is 0. The smallest absolute Gasteiger partial charge is 0.277 e. The highest BCUT2D eigenvalue weighted by molar-refractivity contribution is 5.96. The Morgan fingerprint density at radius 1 is 0.795 bits per heavy atom. The first kappa shape index (κ1) is 25.1. The molecule has 2 amide bonds. The molecule has 1 N–H and O–H groups in total. The van der Waals surface area contributed by atoms with Crippen molar-refractivity contribution in [1.82, 2.24) is 24.0 Å². The first-order chi connectivity index (χ1) is 18.9. The van der Waals surface area contributed by atoms with Crippen molar-refractivity contribution >= 4 is 17.3 Å². The van der Waals surface area contributed by atoms with E-state index < -0.39 is 5.60 Å². The van der Waals surface area contributed by atoms with Crippen molar-refractivity contribution in [3.63, 3.8) is 0 Å². The Bertz CT molecular complexity index is 1560. The van der Waals surface area contributed by atoms with E-state index in [2.05, 4.69) is 5.10 Å². The summed E-state index contributed by atoms with van der Waals surface area (Å²) < 4.78 is 2.96. The maximum atomic E-state index is 13.2. The molecule has 0 bridgehead atoms. The first-order valence-corrected chi connectivity index (χ1v) is 13.4. The zero-order valence-corrected chi connectivity index (χ0v) is 21.7. The molecule has 0 spiro atoms. The van der Waals surface area contributed by atoms with Crippen molar-refractivity contribution in [2.45, 2.75) is 37.8 Å².